The molecule has 23 heavy (non-hydrogen) atoms. The molecule has 4 heterocycles. The van der Waals surface area contributed by atoms with Crippen molar-refractivity contribution in [2.24, 2.45) is 5.92 Å². The van der Waals surface area contributed by atoms with E-state index in [2.05, 4.69) is 0 Å². The molecule has 1 aromatic heterocycles. The summed E-state index contributed by atoms with van der Waals surface area (Å²) < 4.78 is 4.73. The topological polar surface area (TPSA) is 76.2 Å². The van der Waals surface area contributed by atoms with Crippen LogP contribution in [0.4, 0.5) is 5.69 Å². The van der Waals surface area contributed by atoms with Gasteiger partial charge in [0.2, 0.25) is 5.91 Å². The maximum absolute atomic E-state index is 12.9. The summed E-state index contributed by atoms with van der Waals surface area (Å²) >= 11 is 1.15. The number of methoxy groups -OCH3 is 1. The van der Waals surface area contributed by atoms with Gasteiger partial charge in [-0.15, -0.1) is 11.3 Å². The summed E-state index contributed by atoms with van der Waals surface area (Å²) in [4.78, 5) is 44.5. The lowest BCUT2D eigenvalue weighted by Gasteiger charge is -2.30. The Morgan fingerprint density at radius 1 is 1.35 bits per heavy atom. The maximum Gasteiger partial charge on any atom is 0.350 e. The Morgan fingerprint density at radius 2 is 2.17 bits per heavy atom. The molecule has 0 spiro atoms. The third kappa shape index (κ3) is 2.05. The number of ether oxygens (including phenoxy) is 1. The van der Waals surface area contributed by atoms with Crippen LogP contribution < -0.4 is 4.90 Å². The zero-order chi connectivity index (χ0) is 16.1. The molecule has 3 atom stereocenters. The van der Waals surface area contributed by atoms with E-state index in [9.17, 15) is 14.4 Å². The van der Waals surface area contributed by atoms with E-state index in [1.54, 1.807) is 16.5 Å². The lowest BCUT2D eigenvalue weighted by Crippen LogP contribution is -2.42. The molecular formula is C15H16N2O5S. The monoisotopic (exact) mass is 336 g/mol. The number of fused-ring (bicyclic) bond motifs is 3. The van der Waals surface area contributed by atoms with Crippen molar-refractivity contribution < 1.29 is 24.0 Å². The quantitative estimate of drug-likeness (QED) is 0.596. The first-order valence-corrected chi connectivity index (χ1v) is 8.48. The molecule has 0 aliphatic carbocycles. The summed E-state index contributed by atoms with van der Waals surface area (Å²) in [6.07, 6.45) is 2.12. The van der Waals surface area contributed by atoms with E-state index in [-0.39, 0.29) is 16.8 Å². The fourth-order valence-corrected chi connectivity index (χ4v) is 4.47. The van der Waals surface area contributed by atoms with E-state index in [1.165, 1.54) is 7.11 Å². The van der Waals surface area contributed by atoms with Gasteiger partial charge in [-0.2, -0.15) is 5.06 Å². The van der Waals surface area contributed by atoms with E-state index in [1.807, 2.05) is 0 Å². The van der Waals surface area contributed by atoms with Gasteiger partial charge in [-0.3, -0.25) is 14.4 Å². The van der Waals surface area contributed by atoms with Gasteiger partial charge in [0.05, 0.1) is 24.8 Å². The van der Waals surface area contributed by atoms with Gasteiger partial charge in [-0.25, -0.2) is 9.69 Å². The zero-order valence-electron chi connectivity index (χ0n) is 12.6. The number of anilines is 1. The number of hydroxylamine groups is 2. The fraction of sp³-hybridized carbons (Fsp3) is 0.533. The van der Waals surface area contributed by atoms with Gasteiger partial charge in [0.1, 0.15) is 4.88 Å². The van der Waals surface area contributed by atoms with Crippen LogP contribution in [0.2, 0.25) is 0 Å². The number of hydrogen-bond donors (Lipinski definition) is 0. The summed E-state index contributed by atoms with van der Waals surface area (Å²) in [5, 5.41) is 3.46. The van der Waals surface area contributed by atoms with Gasteiger partial charge in [-0.1, -0.05) is 6.42 Å². The number of rotatable bonds is 2. The first-order chi connectivity index (χ1) is 11.1. The molecule has 3 saturated heterocycles. The van der Waals surface area contributed by atoms with Crippen molar-refractivity contribution in [1.29, 1.82) is 0 Å². The number of thiophene rings is 1. The molecule has 8 heteroatoms. The van der Waals surface area contributed by atoms with Crippen molar-refractivity contribution in [1.82, 2.24) is 5.06 Å². The van der Waals surface area contributed by atoms with Gasteiger partial charge in [0.15, 0.2) is 6.10 Å². The smallest absolute Gasteiger partial charge is 0.350 e. The second kappa shape index (κ2) is 5.40. The average molecular weight is 336 g/mol. The minimum atomic E-state index is -0.768. The van der Waals surface area contributed by atoms with Crippen LogP contribution in [0, 0.1) is 5.92 Å². The van der Waals surface area contributed by atoms with Crippen LogP contribution in [0.3, 0.4) is 0 Å². The van der Waals surface area contributed by atoms with Crippen LogP contribution in [0.25, 0.3) is 0 Å². The molecule has 0 N–H and O–H groups in total. The zero-order valence-corrected chi connectivity index (χ0v) is 13.4. The Kier molecular flexibility index (Phi) is 3.47. The SMILES string of the molecule is COC(=O)c1sccc1N1C(=O)[C@H]2[C@H]3CCCCN3O[C@H]2C1=O. The minimum absolute atomic E-state index is 0.0459. The highest BCUT2D eigenvalue weighted by Gasteiger charge is 2.60. The molecule has 122 valence electrons. The van der Waals surface area contributed by atoms with Gasteiger partial charge in [-0.05, 0) is 24.3 Å². The number of carbonyl (C=O) groups is 3. The summed E-state index contributed by atoms with van der Waals surface area (Å²) in [5.74, 6) is -1.70. The van der Waals surface area contributed by atoms with E-state index < -0.39 is 23.9 Å². The number of amides is 2. The van der Waals surface area contributed by atoms with E-state index in [4.69, 9.17) is 9.57 Å². The van der Waals surface area contributed by atoms with E-state index in [0.29, 0.717) is 5.69 Å². The summed E-state index contributed by atoms with van der Waals surface area (Å²) in [6, 6.07) is 1.56. The molecule has 3 fully saturated rings. The number of nitrogens with zero attached hydrogens (tertiary/aromatic N) is 2. The minimum Gasteiger partial charge on any atom is -0.465 e. The first-order valence-electron chi connectivity index (χ1n) is 7.60. The van der Waals surface area contributed by atoms with Crippen molar-refractivity contribution >= 4 is 34.8 Å². The highest BCUT2D eigenvalue weighted by atomic mass is 32.1. The standard InChI is InChI=1S/C15H16N2O5S/c1-21-15(20)12-9(5-7-23-12)17-13(18)10-8-4-2-3-6-16(8)22-11(10)14(17)19/h5,7-8,10-11H,2-4,6H2,1H3/t8-,10+,11-/m1/s1. The Labute approximate surface area is 136 Å². The number of esters is 1. The molecule has 0 saturated carbocycles. The van der Waals surface area contributed by atoms with Crippen LogP contribution in [-0.4, -0.2) is 48.6 Å². The number of carbonyl (C=O) groups excluding carboxylic acids is 3. The molecule has 7 nitrogen and oxygen atoms in total. The number of piperidine rings is 1. The van der Waals surface area contributed by atoms with E-state index >= 15 is 0 Å². The van der Waals surface area contributed by atoms with Crippen molar-refractivity contribution in [2.45, 2.75) is 31.4 Å². The molecule has 3 aliphatic heterocycles. The van der Waals surface area contributed by atoms with Gasteiger partial charge >= 0.3 is 5.97 Å². The van der Waals surface area contributed by atoms with Crippen LogP contribution in [-0.2, 0) is 19.2 Å². The van der Waals surface area contributed by atoms with Gasteiger partial charge < -0.3 is 4.74 Å². The Bertz CT molecular complexity index is 687. The predicted molar refractivity (Wildman–Crippen MR) is 80.9 cm³/mol. The normalized spacial score (nSPS) is 30.5. The average Bonchev–Trinajstić information content (AvgIpc) is 3.23. The Morgan fingerprint density at radius 3 is 2.96 bits per heavy atom. The van der Waals surface area contributed by atoms with Crippen molar-refractivity contribution in [3.05, 3.63) is 16.3 Å². The van der Waals surface area contributed by atoms with Crippen LogP contribution in [0.5, 0.6) is 0 Å². The third-order valence-corrected chi connectivity index (χ3v) is 5.60. The molecule has 4 rings (SSSR count). The highest BCUT2D eigenvalue weighted by molar-refractivity contribution is 7.12. The van der Waals surface area contributed by atoms with Crippen molar-refractivity contribution in [3.8, 4) is 0 Å². The molecule has 0 unspecified atom stereocenters. The van der Waals surface area contributed by atoms with Gasteiger partial charge in [0.25, 0.3) is 5.91 Å². The molecular weight excluding hydrogens is 320 g/mol. The third-order valence-electron chi connectivity index (χ3n) is 4.71. The fourth-order valence-electron chi connectivity index (χ4n) is 3.67. The predicted octanol–water partition coefficient (Wildman–Crippen LogP) is 1.19. The largest absolute Gasteiger partial charge is 0.465 e. The second-order valence-corrected chi connectivity index (χ2v) is 6.81. The number of hydrogen-bond acceptors (Lipinski definition) is 7. The van der Waals surface area contributed by atoms with Crippen molar-refractivity contribution in [3.63, 3.8) is 0 Å². The van der Waals surface area contributed by atoms with Gasteiger partial charge in [0, 0.05) is 6.54 Å². The lowest BCUT2D eigenvalue weighted by molar-refractivity contribution is -0.177. The molecule has 1 aromatic rings. The molecule has 2 amide bonds. The molecule has 0 aromatic carbocycles. The lowest BCUT2D eigenvalue weighted by atomic mass is 9.90. The molecule has 0 radical (unpaired) electrons. The summed E-state index contributed by atoms with van der Waals surface area (Å²) in [6.45, 7) is 0.754. The molecule has 3 aliphatic rings. The Balaban J connectivity index is 1.68. The molecule has 0 bridgehead atoms. The van der Waals surface area contributed by atoms with Crippen LogP contribution in [0.1, 0.15) is 28.9 Å². The van der Waals surface area contributed by atoms with Crippen LogP contribution in [0.15, 0.2) is 11.4 Å². The van der Waals surface area contributed by atoms with Crippen LogP contribution >= 0.6 is 11.3 Å². The highest BCUT2D eigenvalue weighted by Crippen LogP contribution is 2.42. The number of imide groups is 1. The first kappa shape index (κ1) is 14.8. The second-order valence-electron chi connectivity index (χ2n) is 5.89. The summed E-state index contributed by atoms with van der Waals surface area (Å²) in [7, 11) is 1.28. The van der Waals surface area contributed by atoms with Crippen molar-refractivity contribution in [2.75, 3.05) is 18.6 Å². The Hall–Kier alpha value is -1.77. The summed E-state index contributed by atoms with van der Waals surface area (Å²) in [5.41, 5.74) is 0.303. The maximum atomic E-state index is 12.9. The van der Waals surface area contributed by atoms with E-state index in [0.717, 1.165) is 42.0 Å².